The molecule has 3 rings (SSSR count). The second-order valence-electron chi connectivity index (χ2n) is 7.21. The van der Waals surface area contributed by atoms with Gasteiger partial charge in [-0.05, 0) is 44.0 Å². The number of benzene rings is 2. The van der Waals surface area contributed by atoms with Crippen LogP contribution < -0.4 is 20.6 Å². The van der Waals surface area contributed by atoms with Crippen molar-refractivity contribution in [2.75, 3.05) is 25.5 Å². The highest BCUT2D eigenvalue weighted by Crippen LogP contribution is 2.22. The van der Waals surface area contributed by atoms with Crippen molar-refractivity contribution >= 4 is 22.6 Å². The molecular formula is C23H27N2O4+. The summed E-state index contributed by atoms with van der Waals surface area (Å²) in [4.78, 5) is 25.7. The fraction of sp³-hybridized carbons (Fsp3) is 0.304. The normalized spacial score (nSPS) is 12.0. The van der Waals surface area contributed by atoms with Crippen molar-refractivity contribution in [3.63, 3.8) is 0 Å². The number of amides is 1. The predicted molar refractivity (Wildman–Crippen MR) is 114 cm³/mol. The highest BCUT2D eigenvalue weighted by molar-refractivity contribution is 5.91. The molecule has 0 aliphatic carbocycles. The Kier molecular flexibility index (Phi) is 6.34. The lowest BCUT2D eigenvalue weighted by molar-refractivity contribution is -0.903. The molecule has 1 heterocycles. The highest BCUT2D eigenvalue weighted by atomic mass is 16.5. The number of rotatable bonds is 7. The highest BCUT2D eigenvalue weighted by Gasteiger charge is 2.17. The van der Waals surface area contributed by atoms with Crippen LogP contribution in [0.2, 0.25) is 0 Å². The third kappa shape index (κ3) is 4.84. The number of anilines is 1. The number of methoxy groups -OCH3 is 1. The number of carbonyl (C=O) groups excluding carboxylic acids is 1. The van der Waals surface area contributed by atoms with E-state index in [0.29, 0.717) is 30.1 Å². The quantitative estimate of drug-likeness (QED) is 0.603. The first kappa shape index (κ1) is 20.6. The van der Waals surface area contributed by atoms with Crippen LogP contribution in [0.25, 0.3) is 11.0 Å². The van der Waals surface area contributed by atoms with Gasteiger partial charge in [-0.3, -0.25) is 4.79 Å². The molecule has 0 bridgehead atoms. The van der Waals surface area contributed by atoms with Crippen molar-refractivity contribution in [3.05, 3.63) is 69.6 Å². The fourth-order valence-electron chi connectivity index (χ4n) is 3.39. The summed E-state index contributed by atoms with van der Waals surface area (Å²) in [5, 5.41) is 3.84. The monoisotopic (exact) mass is 395 g/mol. The molecule has 0 aliphatic heterocycles. The van der Waals surface area contributed by atoms with E-state index in [1.807, 2.05) is 51.1 Å². The van der Waals surface area contributed by atoms with E-state index in [2.05, 4.69) is 5.32 Å². The van der Waals surface area contributed by atoms with Crippen LogP contribution in [0.5, 0.6) is 5.75 Å². The van der Waals surface area contributed by atoms with Gasteiger partial charge in [-0.2, -0.15) is 0 Å². The zero-order valence-corrected chi connectivity index (χ0v) is 17.3. The van der Waals surface area contributed by atoms with Crippen molar-refractivity contribution in [2.45, 2.75) is 27.3 Å². The van der Waals surface area contributed by atoms with Crippen LogP contribution in [0.15, 0.2) is 51.7 Å². The SMILES string of the molecule is CC[NH+](CC(=O)Nc1cccc(OC)c1)Cc1cc(=O)oc2c(C)c(C)ccc12. The molecule has 3 aromatic rings. The average Bonchev–Trinajstić information content (AvgIpc) is 2.70. The molecule has 6 nitrogen and oxygen atoms in total. The van der Waals surface area contributed by atoms with Crippen LogP contribution in [0.4, 0.5) is 5.69 Å². The van der Waals surface area contributed by atoms with Gasteiger partial charge in [0.25, 0.3) is 5.91 Å². The van der Waals surface area contributed by atoms with Crippen LogP contribution in [0.1, 0.15) is 23.6 Å². The molecule has 2 aromatic carbocycles. The molecule has 152 valence electrons. The van der Waals surface area contributed by atoms with Gasteiger partial charge in [0.15, 0.2) is 6.54 Å². The second-order valence-corrected chi connectivity index (χ2v) is 7.21. The van der Waals surface area contributed by atoms with Crippen LogP contribution in [-0.2, 0) is 11.3 Å². The van der Waals surface area contributed by atoms with Crippen molar-refractivity contribution in [2.24, 2.45) is 0 Å². The van der Waals surface area contributed by atoms with Crippen molar-refractivity contribution in [3.8, 4) is 5.75 Å². The molecule has 0 aliphatic rings. The third-order valence-corrected chi connectivity index (χ3v) is 5.22. The van der Waals surface area contributed by atoms with E-state index in [4.69, 9.17) is 9.15 Å². The molecule has 1 atom stereocenters. The van der Waals surface area contributed by atoms with E-state index >= 15 is 0 Å². The molecule has 1 amide bonds. The summed E-state index contributed by atoms with van der Waals surface area (Å²) in [5.41, 5.74) is 3.90. The Morgan fingerprint density at radius 2 is 1.97 bits per heavy atom. The smallest absolute Gasteiger partial charge is 0.336 e. The molecular weight excluding hydrogens is 368 g/mol. The Morgan fingerprint density at radius 3 is 2.69 bits per heavy atom. The summed E-state index contributed by atoms with van der Waals surface area (Å²) in [6.45, 7) is 7.58. The van der Waals surface area contributed by atoms with E-state index in [-0.39, 0.29) is 11.5 Å². The molecule has 6 heteroatoms. The number of nitrogens with one attached hydrogen (secondary N) is 2. The van der Waals surface area contributed by atoms with E-state index in [9.17, 15) is 9.59 Å². The molecule has 0 radical (unpaired) electrons. The van der Waals surface area contributed by atoms with Crippen LogP contribution in [-0.4, -0.2) is 26.1 Å². The van der Waals surface area contributed by atoms with Gasteiger partial charge in [0.05, 0.1) is 13.7 Å². The molecule has 0 saturated heterocycles. The van der Waals surface area contributed by atoms with Crippen LogP contribution >= 0.6 is 0 Å². The van der Waals surface area contributed by atoms with Gasteiger partial charge < -0.3 is 19.4 Å². The number of carbonyl (C=O) groups is 1. The minimum absolute atomic E-state index is 0.0885. The molecule has 1 aromatic heterocycles. The standard InChI is InChI=1S/C23H26N2O4/c1-5-25(14-21(26)24-18-7-6-8-19(12-18)28-4)13-17-11-22(27)29-23-16(3)15(2)9-10-20(17)23/h6-12H,5,13-14H2,1-4H3,(H,24,26)/p+1. The molecule has 0 spiro atoms. The largest absolute Gasteiger partial charge is 0.497 e. The lowest BCUT2D eigenvalue weighted by Gasteiger charge is -2.18. The minimum Gasteiger partial charge on any atom is -0.497 e. The van der Waals surface area contributed by atoms with Crippen molar-refractivity contribution in [1.29, 1.82) is 0 Å². The lowest BCUT2D eigenvalue weighted by atomic mass is 10.0. The van der Waals surface area contributed by atoms with Gasteiger partial charge in [0.2, 0.25) is 0 Å². The number of aryl methyl sites for hydroxylation is 2. The zero-order chi connectivity index (χ0) is 21.0. The first-order valence-electron chi connectivity index (χ1n) is 9.71. The molecule has 29 heavy (non-hydrogen) atoms. The topological polar surface area (TPSA) is 73.0 Å². The first-order valence-corrected chi connectivity index (χ1v) is 9.71. The van der Waals surface area contributed by atoms with Crippen molar-refractivity contribution < 1.29 is 18.8 Å². The number of ether oxygens (including phenoxy) is 1. The number of fused-ring (bicyclic) bond motifs is 1. The van der Waals surface area contributed by atoms with Gasteiger partial charge in [-0.25, -0.2) is 4.79 Å². The van der Waals surface area contributed by atoms with E-state index in [1.165, 1.54) is 6.07 Å². The van der Waals surface area contributed by atoms with Gasteiger partial charge in [-0.15, -0.1) is 0 Å². The van der Waals surface area contributed by atoms with Crippen LogP contribution in [0, 0.1) is 13.8 Å². The van der Waals surface area contributed by atoms with Gasteiger partial charge >= 0.3 is 5.63 Å². The number of hydrogen-bond donors (Lipinski definition) is 2. The Morgan fingerprint density at radius 1 is 1.17 bits per heavy atom. The first-order chi connectivity index (χ1) is 13.9. The molecule has 0 saturated carbocycles. The summed E-state index contributed by atoms with van der Waals surface area (Å²) in [6.07, 6.45) is 0. The molecule has 1 unspecified atom stereocenters. The Labute approximate surface area is 170 Å². The minimum atomic E-state index is -0.363. The maximum atomic E-state index is 12.5. The van der Waals surface area contributed by atoms with Crippen LogP contribution in [0.3, 0.4) is 0 Å². The molecule has 2 N–H and O–H groups in total. The Balaban J connectivity index is 1.78. The number of quaternary nitrogens is 1. The van der Waals surface area contributed by atoms with E-state index < -0.39 is 0 Å². The van der Waals surface area contributed by atoms with E-state index in [0.717, 1.165) is 33.5 Å². The molecule has 0 fully saturated rings. The zero-order valence-electron chi connectivity index (χ0n) is 17.3. The summed E-state index contributed by atoms with van der Waals surface area (Å²) in [6, 6.07) is 12.8. The maximum Gasteiger partial charge on any atom is 0.336 e. The van der Waals surface area contributed by atoms with Gasteiger partial charge in [0.1, 0.15) is 17.9 Å². The summed E-state index contributed by atoms with van der Waals surface area (Å²) < 4.78 is 10.6. The Bertz CT molecular complexity index is 1090. The third-order valence-electron chi connectivity index (χ3n) is 5.22. The van der Waals surface area contributed by atoms with Crippen molar-refractivity contribution in [1.82, 2.24) is 0 Å². The van der Waals surface area contributed by atoms with E-state index in [1.54, 1.807) is 13.2 Å². The fourth-order valence-corrected chi connectivity index (χ4v) is 3.39. The maximum absolute atomic E-state index is 12.5. The van der Waals surface area contributed by atoms with Gasteiger partial charge in [0, 0.05) is 28.8 Å². The number of hydrogen-bond acceptors (Lipinski definition) is 4. The predicted octanol–water partition coefficient (Wildman–Crippen LogP) is 2.46. The second kappa shape index (κ2) is 8.92. The van der Waals surface area contributed by atoms with Gasteiger partial charge in [-0.1, -0.05) is 18.2 Å². The number of likely N-dealkylation sites (N-methyl/N-ethyl adjacent to an activating group) is 1. The summed E-state index contributed by atoms with van der Waals surface area (Å²) in [7, 11) is 1.59. The lowest BCUT2D eigenvalue weighted by Crippen LogP contribution is -3.11. The Hall–Kier alpha value is -3.12. The average molecular weight is 395 g/mol. The summed E-state index contributed by atoms with van der Waals surface area (Å²) >= 11 is 0. The summed E-state index contributed by atoms with van der Waals surface area (Å²) in [5.74, 6) is 0.602.